The van der Waals surface area contributed by atoms with Crippen LogP contribution in [-0.4, -0.2) is 47.0 Å². The van der Waals surface area contributed by atoms with Crippen LogP contribution in [0.15, 0.2) is 48.7 Å². The average Bonchev–Trinajstić information content (AvgIpc) is 3.39. The van der Waals surface area contributed by atoms with Gasteiger partial charge in [0.25, 0.3) is 0 Å². The van der Waals surface area contributed by atoms with Crippen LogP contribution in [-0.2, 0) is 27.2 Å². The van der Waals surface area contributed by atoms with Crippen LogP contribution in [0.3, 0.4) is 0 Å². The number of benzene rings is 1. The molecule has 0 saturated carbocycles. The molecule has 0 radical (unpaired) electrons. The van der Waals surface area contributed by atoms with Crippen molar-refractivity contribution in [2.75, 3.05) is 13.2 Å². The van der Waals surface area contributed by atoms with Gasteiger partial charge in [0, 0.05) is 23.6 Å². The number of carbonyl (C=O) groups is 3. The summed E-state index contributed by atoms with van der Waals surface area (Å²) in [5.41, 5.74) is 3.17. The first-order valence-corrected chi connectivity index (χ1v) is 9.82. The number of imide groups is 1. The van der Waals surface area contributed by atoms with Crippen molar-refractivity contribution in [2.45, 2.75) is 18.9 Å². The zero-order valence-electron chi connectivity index (χ0n) is 15.8. The summed E-state index contributed by atoms with van der Waals surface area (Å²) in [4.78, 5) is 41.1. The van der Waals surface area contributed by atoms with Gasteiger partial charge in [-0.2, -0.15) is 0 Å². The van der Waals surface area contributed by atoms with Gasteiger partial charge in [-0.1, -0.05) is 30.4 Å². The van der Waals surface area contributed by atoms with Crippen molar-refractivity contribution >= 4 is 28.8 Å². The number of rotatable bonds is 5. The third-order valence-corrected chi connectivity index (χ3v) is 5.89. The van der Waals surface area contributed by atoms with Gasteiger partial charge >= 0.3 is 6.09 Å². The van der Waals surface area contributed by atoms with Crippen molar-refractivity contribution in [3.8, 4) is 0 Å². The van der Waals surface area contributed by atoms with E-state index in [2.05, 4.69) is 16.4 Å². The van der Waals surface area contributed by atoms with Crippen LogP contribution < -0.4 is 5.32 Å². The van der Waals surface area contributed by atoms with Crippen LogP contribution >= 0.6 is 0 Å². The predicted octanol–water partition coefficient (Wildman–Crippen LogP) is 2.09. The molecule has 2 aliphatic heterocycles. The number of fused-ring (bicyclic) bond motifs is 2. The number of hydrogen-bond donors (Lipinski definition) is 2. The molecule has 7 nitrogen and oxygen atoms in total. The predicted molar refractivity (Wildman–Crippen MR) is 106 cm³/mol. The minimum atomic E-state index is -0.372. The fraction of sp³-hybridized carbons (Fsp3) is 0.318. The van der Waals surface area contributed by atoms with Gasteiger partial charge in [0.05, 0.1) is 17.9 Å². The third-order valence-electron chi connectivity index (χ3n) is 5.89. The van der Waals surface area contributed by atoms with Gasteiger partial charge in [-0.15, -0.1) is 0 Å². The highest BCUT2D eigenvalue weighted by atomic mass is 16.6. The second-order valence-electron chi connectivity index (χ2n) is 7.74. The van der Waals surface area contributed by atoms with Crippen LogP contribution in [0.25, 0.3) is 10.9 Å². The Balaban J connectivity index is 1.31. The van der Waals surface area contributed by atoms with Crippen molar-refractivity contribution in [1.29, 1.82) is 0 Å². The Morgan fingerprint density at radius 1 is 1.07 bits per heavy atom. The summed E-state index contributed by atoms with van der Waals surface area (Å²) < 4.78 is 4.95. The number of nitrogens with zero attached hydrogens (tertiary/aromatic N) is 1. The van der Waals surface area contributed by atoms with Gasteiger partial charge in [0.2, 0.25) is 11.8 Å². The zero-order valence-corrected chi connectivity index (χ0v) is 15.8. The number of nitrogens with one attached hydrogen (secondary N) is 2. The number of ether oxygens (including phenoxy) is 1. The molecule has 2 aromatic rings. The van der Waals surface area contributed by atoms with Crippen LogP contribution in [0.2, 0.25) is 0 Å². The molecule has 29 heavy (non-hydrogen) atoms. The lowest BCUT2D eigenvalue weighted by Gasteiger charge is -2.14. The number of carbonyl (C=O) groups excluding carboxylic acids is 3. The molecule has 5 rings (SSSR count). The molecule has 0 bridgehead atoms. The number of hydrogen-bond acceptors (Lipinski definition) is 4. The highest BCUT2D eigenvalue weighted by Gasteiger charge is 2.45. The van der Waals surface area contributed by atoms with E-state index in [4.69, 9.17) is 4.74 Å². The summed E-state index contributed by atoms with van der Waals surface area (Å²) in [5.74, 6) is -0.937. The largest absolute Gasteiger partial charge is 0.447 e. The molecule has 3 amide bonds. The summed E-state index contributed by atoms with van der Waals surface area (Å²) in [6.45, 7) is 0.747. The number of alkyl carbamates (subject to hydrolysis) is 1. The van der Waals surface area contributed by atoms with Crippen molar-refractivity contribution in [1.82, 2.24) is 15.2 Å². The molecule has 1 aromatic heterocycles. The topological polar surface area (TPSA) is 91.5 Å². The van der Waals surface area contributed by atoms with E-state index >= 15 is 0 Å². The maximum Gasteiger partial charge on any atom is 0.407 e. The summed E-state index contributed by atoms with van der Waals surface area (Å²) >= 11 is 0. The Morgan fingerprint density at radius 2 is 1.83 bits per heavy atom. The van der Waals surface area contributed by atoms with Gasteiger partial charge in [-0.05, 0) is 36.1 Å². The van der Waals surface area contributed by atoms with Crippen molar-refractivity contribution in [3.63, 3.8) is 0 Å². The number of amides is 3. The Labute approximate surface area is 167 Å². The van der Waals surface area contributed by atoms with E-state index in [-0.39, 0.29) is 35.8 Å². The minimum absolute atomic E-state index is 0.0216. The normalized spacial score (nSPS) is 25.6. The van der Waals surface area contributed by atoms with E-state index in [0.29, 0.717) is 26.0 Å². The summed E-state index contributed by atoms with van der Waals surface area (Å²) in [5, 5.41) is 3.87. The van der Waals surface area contributed by atoms with Gasteiger partial charge < -0.3 is 15.0 Å². The fourth-order valence-corrected chi connectivity index (χ4v) is 4.38. The molecular formula is C22H21N3O4. The van der Waals surface area contributed by atoms with Gasteiger partial charge in [0.1, 0.15) is 6.61 Å². The molecule has 2 saturated heterocycles. The van der Waals surface area contributed by atoms with Crippen LogP contribution in [0.1, 0.15) is 11.1 Å². The molecule has 3 heterocycles. The first-order valence-electron chi connectivity index (χ1n) is 9.82. The lowest BCUT2D eigenvalue weighted by atomic mass is 9.91. The number of aromatic nitrogens is 1. The Bertz CT molecular complexity index is 1040. The van der Waals surface area contributed by atoms with E-state index < -0.39 is 0 Å². The Kier molecular flexibility index (Phi) is 4.23. The molecule has 1 aliphatic carbocycles. The molecule has 7 heteroatoms. The van der Waals surface area contributed by atoms with Crippen LogP contribution in [0, 0.1) is 11.8 Å². The van der Waals surface area contributed by atoms with Crippen LogP contribution in [0.4, 0.5) is 4.79 Å². The fourth-order valence-electron chi connectivity index (χ4n) is 4.38. The molecule has 2 N–H and O–H groups in total. The first-order chi connectivity index (χ1) is 14.1. The number of allylic oxidation sites excluding steroid dienone is 2. The quantitative estimate of drug-likeness (QED) is 0.764. The van der Waals surface area contributed by atoms with Crippen LogP contribution in [0.5, 0.6) is 0 Å². The number of H-pyrrole nitrogens is 1. The summed E-state index contributed by atoms with van der Waals surface area (Å²) in [6, 6.07) is 6.13. The first kappa shape index (κ1) is 17.7. The summed E-state index contributed by atoms with van der Waals surface area (Å²) in [6.07, 6.45) is 10.1. The van der Waals surface area contributed by atoms with Gasteiger partial charge in [0.15, 0.2) is 0 Å². The number of cyclic esters (lactones) is 1. The van der Waals surface area contributed by atoms with Crippen molar-refractivity contribution < 1.29 is 19.1 Å². The molecule has 3 aliphatic rings. The Morgan fingerprint density at radius 3 is 2.52 bits per heavy atom. The smallest absolute Gasteiger partial charge is 0.407 e. The second-order valence-corrected chi connectivity index (χ2v) is 7.74. The molecule has 3 atom stereocenters. The molecule has 0 spiro atoms. The highest BCUT2D eigenvalue weighted by Crippen LogP contribution is 2.31. The van der Waals surface area contributed by atoms with E-state index in [1.54, 1.807) is 0 Å². The standard InChI is InChI=1S/C22H21N3O4/c26-20-16-3-1-2-4-17(16)21(27)25(20)8-7-14-11-23-19-6-5-13(10-18(14)19)9-15-12-29-22(28)24-15/h1-6,10-11,15-17,23H,7-9,12H2,(H,24,28)/t15-,16?,17?/m0/s1. The molecule has 2 unspecified atom stereocenters. The maximum absolute atomic E-state index is 12.6. The average molecular weight is 391 g/mol. The van der Waals surface area contributed by atoms with Gasteiger partial charge in [-0.3, -0.25) is 14.5 Å². The van der Waals surface area contributed by atoms with E-state index in [1.165, 1.54) is 4.90 Å². The SMILES string of the molecule is O=C1N[C@@H](Cc2ccc3[nH]cc(CCN4C(=O)C5C=CC=CC5C4=O)c3c2)CO1. The Hall–Kier alpha value is -3.35. The maximum atomic E-state index is 12.6. The lowest BCUT2D eigenvalue weighted by molar-refractivity contribution is -0.139. The monoisotopic (exact) mass is 391 g/mol. The van der Waals surface area contributed by atoms with Crippen molar-refractivity contribution in [2.24, 2.45) is 11.8 Å². The van der Waals surface area contributed by atoms with E-state index in [9.17, 15) is 14.4 Å². The highest BCUT2D eigenvalue weighted by molar-refractivity contribution is 6.07. The summed E-state index contributed by atoms with van der Waals surface area (Å²) in [7, 11) is 0. The number of aromatic amines is 1. The zero-order chi connectivity index (χ0) is 20.0. The molecule has 148 valence electrons. The van der Waals surface area contributed by atoms with Gasteiger partial charge in [-0.25, -0.2) is 4.79 Å². The lowest BCUT2D eigenvalue weighted by Crippen LogP contribution is -2.32. The second kappa shape index (κ2) is 6.92. The third kappa shape index (κ3) is 3.12. The minimum Gasteiger partial charge on any atom is -0.447 e. The van der Waals surface area contributed by atoms with E-state index in [1.807, 2.05) is 42.6 Å². The molecular weight excluding hydrogens is 370 g/mol. The number of likely N-dealkylation sites (tertiary alicyclic amines) is 1. The van der Waals surface area contributed by atoms with E-state index in [0.717, 1.165) is 22.0 Å². The molecule has 2 fully saturated rings. The molecule has 1 aromatic carbocycles. The van der Waals surface area contributed by atoms with Crippen molar-refractivity contribution in [3.05, 3.63) is 59.8 Å².